The van der Waals surface area contributed by atoms with Crippen LogP contribution in [0.25, 0.3) is 0 Å². The van der Waals surface area contributed by atoms with Crippen molar-refractivity contribution in [2.45, 2.75) is 20.4 Å². The van der Waals surface area contributed by atoms with Gasteiger partial charge in [0.05, 0.1) is 11.4 Å². The van der Waals surface area contributed by atoms with Gasteiger partial charge in [-0.2, -0.15) is 0 Å². The maximum Gasteiger partial charge on any atom is 0.163 e. The molecule has 0 fully saturated rings. The van der Waals surface area contributed by atoms with Gasteiger partial charge in [-0.15, -0.1) is 11.3 Å². The first kappa shape index (κ1) is 13.1. The van der Waals surface area contributed by atoms with E-state index in [1.54, 1.807) is 0 Å². The molecule has 106 valence electrons. The Bertz CT molecular complexity index is 618. The molecule has 0 atom stereocenters. The van der Waals surface area contributed by atoms with Gasteiger partial charge in [-0.1, -0.05) is 0 Å². The molecule has 0 radical (unpaired) electrons. The molecule has 20 heavy (non-hydrogen) atoms. The van der Waals surface area contributed by atoms with Gasteiger partial charge in [0.25, 0.3) is 0 Å². The van der Waals surface area contributed by atoms with Gasteiger partial charge in [-0.05, 0) is 25.5 Å². The van der Waals surface area contributed by atoms with Crippen LogP contribution in [0.2, 0.25) is 0 Å². The third-order valence-electron chi connectivity index (χ3n) is 3.38. The molecule has 0 amide bonds. The molecular formula is C15H18N2O2S. The van der Waals surface area contributed by atoms with Crippen LogP contribution in [-0.4, -0.2) is 13.2 Å². The lowest BCUT2D eigenvalue weighted by molar-refractivity contribution is 0.172. The Kier molecular flexibility index (Phi) is 3.44. The summed E-state index contributed by atoms with van der Waals surface area (Å²) in [7, 11) is 0. The van der Waals surface area contributed by atoms with E-state index in [1.165, 1.54) is 15.3 Å². The van der Waals surface area contributed by atoms with Crippen molar-refractivity contribution in [1.29, 1.82) is 0 Å². The second-order valence-electron chi connectivity index (χ2n) is 4.89. The number of nitrogens with one attached hydrogen (secondary N) is 1. The fourth-order valence-corrected chi connectivity index (χ4v) is 3.17. The van der Waals surface area contributed by atoms with E-state index < -0.39 is 0 Å². The van der Waals surface area contributed by atoms with Crippen LogP contribution >= 0.6 is 11.3 Å². The highest BCUT2D eigenvalue weighted by molar-refractivity contribution is 7.12. The van der Waals surface area contributed by atoms with E-state index in [-0.39, 0.29) is 0 Å². The lowest BCUT2D eigenvalue weighted by Crippen LogP contribution is -2.16. The Morgan fingerprint density at radius 3 is 2.50 bits per heavy atom. The molecule has 2 aromatic rings. The molecule has 0 saturated carbocycles. The Labute approximate surface area is 122 Å². The Hall–Kier alpha value is -1.88. The summed E-state index contributed by atoms with van der Waals surface area (Å²) in [6.07, 6.45) is 0. The zero-order valence-electron chi connectivity index (χ0n) is 11.7. The first-order valence-electron chi connectivity index (χ1n) is 6.62. The Balaban J connectivity index is 1.77. The zero-order valence-corrected chi connectivity index (χ0v) is 12.5. The fourth-order valence-electron chi connectivity index (χ4n) is 2.18. The lowest BCUT2D eigenvalue weighted by Gasteiger charge is -2.20. The van der Waals surface area contributed by atoms with Gasteiger partial charge in [-0.25, -0.2) is 0 Å². The molecule has 1 aliphatic heterocycles. The van der Waals surface area contributed by atoms with E-state index in [9.17, 15) is 0 Å². The van der Waals surface area contributed by atoms with Crippen molar-refractivity contribution in [1.82, 2.24) is 0 Å². The third-order valence-corrected chi connectivity index (χ3v) is 4.54. The molecule has 1 aromatic heterocycles. The van der Waals surface area contributed by atoms with Crippen molar-refractivity contribution < 1.29 is 9.47 Å². The van der Waals surface area contributed by atoms with Crippen LogP contribution in [-0.2, 0) is 6.54 Å². The van der Waals surface area contributed by atoms with Crippen LogP contribution in [0.3, 0.4) is 0 Å². The number of aryl methyl sites for hydroxylation is 2. The molecule has 5 heteroatoms. The van der Waals surface area contributed by atoms with Crippen molar-refractivity contribution in [2.24, 2.45) is 0 Å². The predicted molar refractivity (Wildman–Crippen MR) is 83.0 cm³/mol. The van der Waals surface area contributed by atoms with Crippen molar-refractivity contribution in [3.8, 4) is 11.5 Å². The maximum absolute atomic E-state index is 6.05. The number of hydrogen-bond donors (Lipinski definition) is 2. The van der Waals surface area contributed by atoms with Gasteiger partial charge >= 0.3 is 0 Å². The smallest absolute Gasteiger partial charge is 0.163 e. The van der Waals surface area contributed by atoms with Crippen molar-refractivity contribution in [3.05, 3.63) is 33.5 Å². The number of benzene rings is 1. The molecule has 0 spiro atoms. The van der Waals surface area contributed by atoms with Crippen LogP contribution in [0, 0.1) is 13.8 Å². The minimum atomic E-state index is 0.576. The topological polar surface area (TPSA) is 56.5 Å². The first-order chi connectivity index (χ1) is 9.63. The number of fused-ring (bicyclic) bond motifs is 1. The summed E-state index contributed by atoms with van der Waals surface area (Å²) in [5.41, 5.74) is 8.95. The second kappa shape index (κ2) is 5.25. The van der Waals surface area contributed by atoms with E-state index in [4.69, 9.17) is 15.2 Å². The van der Waals surface area contributed by atoms with Gasteiger partial charge in [0.1, 0.15) is 13.2 Å². The van der Waals surface area contributed by atoms with Crippen LogP contribution in [0.5, 0.6) is 11.5 Å². The summed E-state index contributed by atoms with van der Waals surface area (Å²) in [4.78, 5) is 2.66. The summed E-state index contributed by atoms with van der Waals surface area (Å²) in [5.74, 6) is 1.48. The molecule has 4 nitrogen and oxygen atoms in total. The number of nitrogens with two attached hydrogens (primary N) is 1. The largest absolute Gasteiger partial charge is 0.486 e. The highest BCUT2D eigenvalue weighted by Crippen LogP contribution is 2.37. The standard InChI is InChI=1S/C15H18N2O2S/c1-9-5-11(20-10(9)2)8-17-13-7-15-14(6-12(13)16)18-3-4-19-15/h5-7,17H,3-4,8,16H2,1-2H3. The lowest BCUT2D eigenvalue weighted by atomic mass is 10.2. The van der Waals surface area contributed by atoms with E-state index in [0.29, 0.717) is 18.9 Å². The van der Waals surface area contributed by atoms with Gasteiger partial charge in [0, 0.05) is 28.4 Å². The van der Waals surface area contributed by atoms with E-state index >= 15 is 0 Å². The summed E-state index contributed by atoms with van der Waals surface area (Å²) in [6.45, 7) is 6.20. The van der Waals surface area contributed by atoms with Crippen LogP contribution < -0.4 is 20.5 Å². The molecule has 0 saturated heterocycles. The SMILES string of the molecule is Cc1cc(CNc2cc3c(cc2N)OCCO3)sc1C. The highest BCUT2D eigenvalue weighted by Gasteiger charge is 2.14. The molecule has 1 aromatic carbocycles. The third kappa shape index (κ3) is 2.54. The average molecular weight is 290 g/mol. The monoisotopic (exact) mass is 290 g/mol. The minimum Gasteiger partial charge on any atom is -0.486 e. The molecular weight excluding hydrogens is 272 g/mol. The van der Waals surface area contributed by atoms with Gasteiger partial charge in [0.15, 0.2) is 11.5 Å². The van der Waals surface area contributed by atoms with Crippen LogP contribution in [0.1, 0.15) is 15.3 Å². The summed E-state index contributed by atoms with van der Waals surface area (Å²) >= 11 is 1.81. The maximum atomic E-state index is 6.05. The first-order valence-corrected chi connectivity index (χ1v) is 7.44. The normalized spacial score (nSPS) is 13.3. The van der Waals surface area contributed by atoms with Crippen molar-refractivity contribution in [2.75, 3.05) is 24.3 Å². The molecule has 0 unspecified atom stereocenters. The molecule has 2 heterocycles. The van der Waals surface area contributed by atoms with E-state index in [1.807, 2.05) is 23.5 Å². The molecule has 0 aliphatic carbocycles. The zero-order chi connectivity index (χ0) is 14.1. The Morgan fingerprint density at radius 2 is 1.85 bits per heavy atom. The van der Waals surface area contributed by atoms with Crippen molar-refractivity contribution >= 4 is 22.7 Å². The predicted octanol–water partition coefficient (Wildman–Crippen LogP) is 3.33. The van der Waals surface area contributed by atoms with E-state index in [0.717, 1.165) is 23.7 Å². The molecule has 0 bridgehead atoms. The molecule has 3 N–H and O–H groups in total. The average Bonchev–Trinajstić information content (AvgIpc) is 2.75. The minimum absolute atomic E-state index is 0.576. The second-order valence-corrected chi connectivity index (χ2v) is 6.23. The van der Waals surface area contributed by atoms with Crippen molar-refractivity contribution in [3.63, 3.8) is 0 Å². The number of thiophene rings is 1. The van der Waals surface area contributed by atoms with Crippen LogP contribution in [0.4, 0.5) is 11.4 Å². The van der Waals surface area contributed by atoms with Gasteiger partial charge in [-0.3, -0.25) is 0 Å². The van der Waals surface area contributed by atoms with Gasteiger partial charge < -0.3 is 20.5 Å². The number of hydrogen-bond acceptors (Lipinski definition) is 5. The highest BCUT2D eigenvalue weighted by atomic mass is 32.1. The van der Waals surface area contributed by atoms with Crippen LogP contribution in [0.15, 0.2) is 18.2 Å². The number of anilines is 2. The number of rotatable bonds is 3. The number of nitrogen functional groups attached to an aromatic ring is 1. The summed E-state index contributed by atoms with van der Waals surface area (Å²) in [5, 5.41) is 3.37. The van der Waals surface area contributed by atoms with E-state index in [2.05, 4.69) is 25.2 Å². The molecule has 1 aliphatic rings. The molecule has 3 rings (SSSR count). The summed E-state index contributed by atoms with van der Waals surface area (Å²) < 4.78 is 11.1. The number of ether oxygens (including phenoxy) is 2. The summed E-state index contributed by atoms with van der Waals surface area (Å²) in [6, 6.07) is 5.94. The van der Waals surface area contributed by atoms with Gasteiger partial charge in [0.2, 0.25) is 0 Å². The Morgan fingerprint density at radius 1 is 1.15 bits per heavy atom. The fraction of sp³-hybridized carbons (Fsp3) is 0.333. The quantitative estimate of drug-likeness (QED) is 0.851.